The van der Waals surface area contributed by atoms with Gasteiger partial charge in [-0.25, -0.2) is 0 Å². The molecule has 160 valence electrons. The van der Waals surface area contributed by atoms with Gasteiger partial charge in [-0.1, -0.05) is 12.1 Å². The van der Waals surface area contributed by atoms with Gasteiger partial charge >= 0.3 is 0 Å². The van der Waals surface area contributed by atoms with E-state index in [1.54, 1.807) is 6.07 Å². The molecule has 0 amide bonds. The molecule has 3 saturated heterocycles. The molecule has 0 atom stereocenters. The second-order valence-electron chi connectivity index (χ2n) is 8.39. The van der Waals surface area contributed by atoms with Crippen LogP contribution in [0.15, 0.2) is 29.3 Å². The monoisotopic (exact) mass is 401 g/mol. The van der Waals surface area contributed by atoms with Crippen molar-refractivity contribution in [1.82, 2.24) is 15.1 Å². The topological polar surface area (TPSA) is 63.6 Å². The lowest BCUT2D eigenvalue weighted by molar-refractivity contribution is -0.0166. The van der Waals surface area contributed by atoms with E-state index in [9.17, 15) is 5.11 Å². The molecule has 0 bridgehead atoms. The van der Waals surface area contributed by atoms with E-state index < -0.39 is 0 Å². The number of aliphatic imine (C=N–C) groups is 1. The van der Waals surface area contributed by atoms with Gasteiger partial charge in [0.25, 0.3) is 0 Å². The highest BCUT2D eigenvalue weighted by molar-refractivity contribution is 5.80. The number of aromatic hydroxyl groups is 1. The van der Waals surface area contributed by atoms with Crippen LogP contribution in [0.5, 0.6) is 5.75 Å². The molecule has 0 unspecified atom stereocenters. The molecule has 7 heteroatoms. The number of para-hydroxylation sites is 2. The van der Waals surface area contributed by atoms with Gasteiger partial charge in [0.1, 0.15) is 5.75 Å². The van der Waals surface area contributed by atoms with E-state index in [4.69, 9.17) is 4.74 Å². The highest BCUT2D eigenvalue weighted by atomic mass is 16.5. The Kier molecular flexibility index (Phi) is 6.45. The molecule has 1 aromatic carbocycles. The third-order valence-corrected chi connectivity index (χ3v) is 6.79. The summed E-state index contributed by atoms with van der Waals surface area (Å²) >= 11 is 0. The van der Waals surface area contributed by atoms with Crippen LogP contribution in [-0.2, 0) is 4.74 Å². The molecule has 1 aromatic rings. The van der Waals surface area contributed by atoms with Gasteiger partial charge in [-0.3, -0.25) is 9.89 Å². The first kappa shape index (κ1) is 20.3. The maximum absolute atomic E-state index is 10.1. The van der Waals surface area contributed by atoms with Gasteiger partial charge in [-0.05, 0) is 50.9 Å². The van der Waals surface area contributed by atoms with Crippen molar-refractivity contribution in [3.63, 3.8) is 0 Å². The number of rotatable bonds is 4. The van der Waals surface area contributed by atoms with Crippen molar-refractivity contribution in [2.45, 2.75) is 31.2 Å². The highest BCUT2D eigenvalue weighted by Crippen LogP contribution is 2.31. The molecule has 29 heavy (non-hydrogen) atoms. The van der Waals surface area contributed by atoms with Crippen molar-refractivity contribution in [3.05, 3.63) is 24.3 Å². The molecule has 0 radical (unpaired) electrons. The average molecular weight is 402 g/mol. The number of piperazine rings is 1. The van der Waals surface area contributed by atoms with Crippen molar-refractivity contribution in [2.75, 3.05) is 71.0 Å². The molecule has 2 N–H and O–H groups in total. The minimum Gasteiger partial charge on any atom is -0.506 e. The number of anilines is 1. The van der Waals surface area contributed by atoms with Gasteiger partial charge in [0, 0.05) is 58.5 Å². The maximum atomic E-state index is 10.1. The van der Waals surface area contributed by atoms with E-state index >= 15 is 0 Å². The molecule has 3 aliphatic heterocycles. The average Bonchev–Trinajstić information content (AvgIpc) is 3.32. The van der Waals surface area contributed by atoms with Gasteiger partial charge in [0.05, 0.1) is 5.69 Å². The zero-order chi connectivity index (χ0) is 20.1. The molecular formula is C22H35N5O2. The summed E-state index contributed by atoms with van der Waals surface area (Å²) in [4.78, 5) is 11.9. The van der Waals surface area contributed by atoms with Crippen LogP contribution >= 0.6 is 0 Å². The van der Waals surface area contributed by atoms with Crippen molar-refractivity contribution >= 4 is 11.6 Å². The minimum atomic E-state index is 0.197. The normalized spacial score (nSPS) is 23.4. The Labute approximate surface area is 174 Å². The van der Waals surface area contributed by atoms with E-state index in [-0.39, 0.29) is 5.54 Å². The number of nitrogens with zero attached hydrogens (tertiary/aromatic N) is 4. The number of ether oxygens (including phenoxy) is 1. The number of hydrogen-bond donors (Lipinski definition) is 2. The van der Waals surface area contributed by atoms with Gasteiger partial charge in [0.15, 0.2) is 5.96 Å². The summed E-state index contributed by atoms with van der Waals surface area (Å²) in [7, 11) is 1.88. The van der Waals surface area contributed by atoms with Crippen LogP contribution in [0, 0.1) is 0 Å². The standard InChI is InChI=1S/C22H35N5O2/c1-23-21(24-18-22(8-16-29-17-9-22)27-10-4-5-11-27)26-14-12-25(13-15-26)19-6-2-3-7-20(19)28/h2-3,6-7,28H,4-5,8-18H2,1H3,(H,23,24). The molecule has 3 heterocycles. The molecule has 0 spiro atoms. The Bertz CT molecular complexity index is 690. The van der Waals surface area contributed by atoms with Crippen LogP contribution in [-0.4, -0.2) is 92.5 Å². The lowest BCUT2D eigenvalue weighted by Gasteiger charge is -2.45. The number of benzene rings is 1. The summed E-state index contributed by atoms with van der Waals surface area (Å²) < 4.78 is 5.68. The fraction of sp³-hybridized carbons (Fsp3) is 0.682. The first-order valence-electron chi connectivity index (χ1n) is 11.0. The number of likely N-dealkylation sites (tertiary alicyclic amines) is 1. The zero-order valence-electron chi connectivity index (χ0n) is 17.6. The van der Waals surface area contributed by atoms with Crippen LogP contribution in [0.25, 0.3) is 0 Å². The molecule has 7 nitrogen and oxygen atoms in total. The molecule has 3 fully saturated rings. The molecular weight excluding hydrogens is 366 g/mol. The Morgan fingerprint density at radius 3 is 2.41 bits per heavy atom. The first-order chi connectivity index (χ1) is 14.2. The second kappa shape index (κ2) is 9.22. The van der Waals surface area contributed by atoms with Crippen LogP contribution in [0.2, 0.25) is 0 Å². The summed E-state index contributed by atoms with van der Waals surface area (Å²) in [5.74, 6) is 1.35. The number of phenols is 1. The minimum absolute atomic E-state index is 0.197. The molecule has 0 saturated carbocycles. The van der Waals surface area contributed by atoms with E-state index in [1.165, 1.54) is 25.9 Å². The summed E-state index contributed by atoms with van der Waals surface area (Å²) in [6.07, 6.45) is 4.81. The Morgan fingerprint density at radius 2 is 1.76 bits per heavy atom. The zero-order valence-corrected chi connectivity index (χ0v) is 17.6. The second-order valence-corrected chi connectivity index (χ2v) is 8.39. The van der Waals surface area contributed by atoms with Gasteiger partial charge in [-0.15, -0.1) is 0 Å². The Balaban J connectivity index is 1.35. The summed E-state index contributed by atoms with van der Waals surface area (Å²) in [6.45, 7) is 8.61. The van der Waals surface area contributed by atoms with Crippen molar-refractivity contribution in [3.8, 4) is 5.75 Å². The van der Waals surface area contributed by atoms with Crippen molar-refractivity contribution in [1.29, 1.82) is 0 Å². The first-order valence-corrected chi connectivity index (χ1v) is 11.0. The largest absolute Gasteiger partial charge is 0.506 e. The number of phenolic OH excluding ortho intramolecular Hbond substituents is 1. The summed E-state index contributed by atoms with van der Waals surface area (Å²) in [6, 6.07) is 7.60. The van der Waals surface area contributed by atoms with E-state index in [0.717, 1.165) is 70.4 Å². The fourth-order valence-electron chi connectivity index (χ4n) is 5.01. The highest BCUT2D eigenvalue weighted by Gasteiger charge is 2.40. The summed E-state index contributed by atoms with van der Waals surface area (Å²) in [5.41, 5.74) is 1.12. The van der Waals surface area contributed by atoms with Gasteiger partial charge in [-0.2, -0.15) is 0 Å². The molecule has 0 aromatic heterocycles. The van der Waals surface area contributed by atoms with Gasteiger partial charge < -0.3 is 25.0 Å². The fourth-order valence-corrected chi connectivity index (χ4v) is 5.01. The number of hydrogen-bond acceptors (Lipinski definition) is 5. The van der Waals surface area contributed by atoms with Crippen LogP contribution in [0.1, 0.15) is 25.7 Å². The molecule has 4 rings (SSSR count). The Morgan fingerprint density at radius 1 is 1.07 bits per heavy atom. The SMILES string of the molecule is CN=C(NCC1(N2CCCC2)CCOCC1)N1CCN(c2ccccc2O)CC1. The lowest BCUT2D eigenvalue weighted by Crippen LogP contribution is -2.60. The number of guanidine groups is 1. The van der Waals surface area contributed by atoms with Crippen molar-refractivity contribution < 1.29 is 9.84 Å². The smallest absolute Gasteiger partial charge is 0.193 e. The maximum Gasteiger partial charge on any atom is 0.193 e. The molecule has 3 aliphatic rings. The predicted molar refractivity (Wildman–Crippen MR) is 117 cm³/mol. The van der Waals surface area contributed by atoms with E-state index in [0.29, 0.717) is 5.75 Å². The summed E-state index contributed by atoms with van der Waals surface area (Å²) in [5, 5.41) is 13.8. The van der Waals surface area contributed by atoms with Crippen molar-refractivity contribution in [2.24, 2.45) is 4.99 Å². The van der Waals surface area contributed by atoms with Gasteiger partial charge in [0.2, 0.25) is 0 Å². The van der Waals surface area contributed by atoms with E-state index in [2.05, 4.69) is 25.0 Å². The lowest BCUT2D eigenvalue weighted by atomic mass is 9.88. The third-order valence-electron chi connectivity index (χ3n) is 6.79. The number of nitrogens with one attached hydrogen (secondary N) is 1. The van der Waals surface area contributed by atoms with Crippen LogP contribution < -0.4 is 10.2 Å². The predicted octanol–water partition coefficient (Wildman–Crippen LogP) is 1.73. The third kappa shape index (κ3) is 4.46. The Hall–Kier alpha value is -1.99. The quantitative estimate of drug-likeness (QED) is 0.592. The molecule has 0 aliphatic carbocycles. The van der Waals surface area contributed by atoms with Crippen LogP contribution in [0.3, 0.4) is 0 Å². The van der Waals surface area contributed by atoms with E-state index in [1.807, 2.05) is 25.2 Å². The van der Waals surface area contributed by atoms with Crippen LogP contribution in [0.4, 0.5) is 5.69 Å².